The van der Waals surface area contributed by atoms with Gasteiger partial charge in [-0.25, -0.2) is 0 Å². The van der Waals surface area contributed by atoms with Crippen molar-refractivity contribution in [3.8, 4) is 0 Å². The van der Waals surface area contributed by atoms with Crippen molar-refractivity contribution in [2.24, 2.45) is 0 Å². The van der Waals surface area contributed by atoms with Gasteiger partial charge in [-0.05, 0) is 25.5 Å². The summed E-state index contributed by atoms with van der Waals surface area (Å²) in [6.07, 6.45) is -5.29. The molecule has 5 heteroatoms. The first-order chi connectivity index (χ1) is 9.48. The normalized spacial score (nSPS) is 15.1. The Bertz CT molecular complexity index is 367. The summed E-state index contributed by atoms with van der Waals surface area (Å²) in [6, 6.07) is 9.05. The number of hydrogen-bond donors (Lipinski definition) is 1. The molecule has 0 heterocycles. The van der Waals surface area contributed by atoms with Crippen LogP contribution in [0.25, 0.3) is 0 Å². The zero-order valence-electron chi connectivity index (χ0n) is 11.9. The monoisotopic (exact) mass is 289 g/mol. The quantitative estimate of drug-likeness (QED) is 0.778. The lowest BCUT2D eigenvalue weighted by Crippen LogP contribution is -2.37. The number of benzene rings is 1. The summed E-state index contributed by atoms with van der Waals surface area (Å²) in [7, 11) is 0. The molecule has 0 saturated carbocycles. The van der Waals surface area contributed by atoms with Crippen molar-refractivity contribution >= 4 is 0 Å². The Morgan fingerprint density at radius 2 is 1.80 bits per heavy atom. The second-order valence-corrected chi connectivity index (χ2v) is 4.60. The Balaban J connectivity index is 2.82. The summed E-state index contributed by atoms with van der Waals surface area (Å²) in [4.78, 5) is 0. The van der Waals surface area contributed by atoms with E-state index in [4.69, 9.17) is 4.74 Å². The van der Waals surface area contributed by atoms with Crippen LogP contribution in [0.1, 0.15) is 38.4 Å². The highest BCUT2D eigenvalue weighted by Crippen LogP contribution is 2.28. The molecule has 0 saturated heterocycles. The van der Waals surface area contributed by atoms with Gasteiger partial charge in [0.15, 0.2) is 0 Å². The van der Waals surface area contributed by atoms with Crippen molar-refractivity contribution in [3.05, 3.63) is 35.9 Å². The second-order valence-electron chi connectivity index (χ2n) is 4.60. The van der Waals surface area contributed by atoms with Crippen molar-refractivity contribution in [1.29, 1.82) is 0 Å². The maximum Gasteiger partial charge on any atom is 0.389 e. The largest absolute Gasteiger partial charge is 0.389 e. The molecule has 1 aromatic carbocycles. The number of ether oxygens (including phenoxy) is 1. The average Bonchev–Trinajstić information content (AvgIpc) is 2.41. The van der Waals surface area contributed by atoms with Crippen molar-refractivity contribution < 1.29 is 17.9 Å². The highest BCUT2D eigenvalue weighted by atomic mass is 19.4. The molecule has 0 fully saturated rings. The highest BCUT2D eigenvalue weighted by molar-refractivity contribution is 5.19. The smallest absolute Gasteiger partial charge is 0.372 e. The fraction of sp³-hybridized carbons (Fsp3) is 0.600. The van der Waals surface area contributed by atoms with E-state index in [1.165, 1.54) is 0 Å². The van der Waals surface area contributed by atoms with Crippen molar-refractivity contribution in [1.82, 2.24) is 5.32 Å². The number of alkyl halides is 3. The van der Waals surface area contributed by atoms with E-state index in [1.807, 2.05) is 44.2 Å². The number of likely N-dealkylation sites (N-methyl/N-ethyl adjacent to an activating group) is 1. The number of rotatable bonds is 8. The van der Waals surface area contributed by atoms with Gasteiger partial charge >= 0.3 is 6.18 Å². The zero-order chi connectivity index (χ0) is 15.0. The molecule has 0 aromatic heterocycles. The van der Waals surface area contributed by atoms with Crippen LogP contribution in [0.2, 0.25) is 0 Å². The average molecular weight is 289 g/mol. The Labute approximate surface area is 118 Å². The van der Waals surface area contributed by atoms with Gasteiger partial charge in [0.1, 0.15) is 0 Å². The fourth-order valence-electron chi connectivity index (χ4n) is 2.21. The SMILES string of the molecule is CCNC(CCC(F)(F)F)C(OCC)c1ccccc1. The predicted octanol–water partition coefficient (Wildman–Crippen LogP) is 4.08. The summed E-state index contributed by atoms with van der Waals surface area (Å²) < 4.78 is 43.0. The minimum atomic E-state index is -4.14. The highest BCUT2D eigenvalue weighted by Gasteiger charge is 2.31. The lowest BCUT2D eigenvalue weighted by molar-refractivity contribution is -0.138. The molecule has 2 unspecified atom stereocenters. The third kappa shape index (κ3) is 5.92. The molecule has 0 aliphatic rings. The molecule has 20 heavy (non-hydrogen) atoms. The van der Waals surface area contributed by atoms with E-state index in [-0.39, 0.29) is 18.6 Å². The van der Waals surface area contributed by atoms with Gasteiger partial charge in [0.25, 0.3) is 0 Å². The summed E-state index contributed by atoms with van der Waals surface area (Å²) in [5.74, 6) is 0. The van der Waals surface area contributed by atoms with Gasteiger partial charge in [-0.1, -0.05) is 37.3 Å². The Morgan fingerprint density at radius 1 is 1.15 bits per heavy atom. The van der Waals surface area contributed by atoms with E-state index < -0.39 is 12.6 Å². The van der Waals surface area contributed by atoms with E-state index in [2.05, 4.69) is 5.32 Å². The van der Waals surface area contributed by atoms with Gasteiger partial charge in [0, 0.05) is 19.1 Å². The van der Waals surface area contributed by atoms with Crippen LogP contribution in [0.4, 0.5) is 13.2 Å². The van der Waals surface area contributed by atoms with Crippen LogP contribution < -0.4 is 5.32 Å². The summed E-state index contributed by atoms with van der Waals surface area (Å²) in [5.41, 5.74) is 0.905. The van der Waals surface area contributed by atoms with Crippen LogP contribution in [0.15, 0.2) is 30.3 Å². The van der Waals surface area contributed by atoms with E-state index in [0.717, 1.165) is 5.56 Å². The van der Waals surface area contributed by atoms with Gasteiger partial charge in [0.05, 0.1) is 6.10 Å². The van der Waals surface area contributed by atoms with Crippen molar-refractivity contribution in [3.63, 3.8) is 0 Å². The third-order valence-electron chi connectivity index (χ3n) is 3.04. The first-order valence-corrected chi connectivity index (χ1v) is 6.94. The van der Waals surface area contributed by atoms with Gasteiger partial charge < -0.3 is 10.1 Å². The van der Waals surface area contributed by atoms with E-state index in [9.17, 15) is 13.2 Å². The van der Waals surface area contributed by atoms with Crippen LogP contribution in [-0.4, -0.2) is 25.4 Å². The molecule has 0 radical (unpaired) electrons. The topological polar surface area (TPSA) is 21.3 Å². The Kier molecular flexibility index (Phi) is 7.02. The molecule has 2 atom stereocenters. The number of halogens is 3. The first kappa shape index (κ1) is 17.0. The summed E-state index contributed by atoms with van der Waals surface area (Å²) in [5, 5.41) is 3.11. The molecule has 0 aliphatic carbocycles. The number of hydrogen-bond acceptors (Lipinski definition) is 2. The van der Waals surface area contributed by atoms with E-state index in [0.29, 0.717) is 13.2 Å². The molecule has 0 spiro atoms. The fourth-order valence-corrected chi connectivity index (χ4v) is 2.21. The van der Waals surface area contributed by atoms with E-state index >= 15 is 0 Å². The molecular formula is C15H22F3NO. The van der Waals surface area contributed by atoms with Crippen LogP contribution in [0.5, 0.6) is 0 Å². The lowest BCUT2D eigenvalue weighted by Gasteiger charge is -2.28. The van der Waals surface area contributed by atoms with Crippen molar-refractivity contribution in [2.45, 2.75) is 45.0 Å². The van der Waals surface area contributed by atoms with Gasteiger partial charge in [0.2, 0.25) is 0 Å². The molecular weight excluding hydrogens is 267 g/mol. The third-order valence-corrected chi connectivity index (χ3v) is 3.04. The molecule has 1 rings (SSSR count). The standard InChI is InChI=1S/C15H22F3NO/c1-3-19-13(10-11-15(16,17)18)14(20-4-2)12-8-6-5-7-9-12/h5-9,13-14,19H,3-4,10-11H2,1-2H3. The van der Waals surface area contributed by atoms with Crippen LogP contribution in [0, 0.1) is 0 Å². The van der Waals surface area contributed by atoms with Crippen molar-refractivity contribution in [2.75, 3.05) is 13.2 Å². The number of nitrogens with one attached hydrogen (secondary N) is 1. The second kappa shape index (κ2) is 8.27. The summed E-state index contributed by atoms with van der Waals surface area (Å²) in [6.45, 7) is 4.81. The molecule has 0 amide bonds. The molecule has 0 bridgehead atoms. The maximum atomic E-state index is 12.4. The molecule has 1 aromatic rings. The minimum absolute atomic E-state index is 0.0108. The summed E-state index contributed by atoms with van der Waals surface area (Å²) >= 11 is 0. The Morgan fingerprint density at radius 3 is 2.30 bits per heavy atom. The molecule has 2 nitrogen and oxygen atoms in total. The van der Waals surface area contributed by atoms with Gasteiger partial charge in [-0.15, -0.1) is 0 Å². The molecule has 0 aliphatic heterocycles. The molecule has 114 valence electrons. The lowest BCUT2D eigenvalue weighted by atomic mass is 9.98. The first-order valence-electron chi connectivity index (χ1n) is 6.94. The molecule has 1 N–H and O–H groups in total. The zero-order valence-corrected chi connectivity index (χ0v) is 11.9. The predicted molar refractivity (Wildman–Crippen MR) is 73.6 cm³/mol. The van der Waals surface area contributed by atoms with Gasteiger partial charge in [-0.3, -0.25) is 0 Å². The maximum absolute atomic E-state index is 12.4. The van der Waals surface area contributed by atoms with Crippen LogP contribution >= 0.6 is 0 Å². The van der Waals surface area contributed by atoms with Crippen LogP contribution in [0.3, 0.4) is 0 Å². The van der Waals surface area contributed by atoms with Crippen LogP contribution in [-0.2, 0) is 4.74 Å². The van der Waals surface area contributed by atoms with E-state index in [1.54, 1.807) is 0 Å². The Hall–Kier alpha value is -1.07. The van der Waals surface area contributed by atoms with Gasteiger partial charge in [-0.2, -0.15) is 13.2 Å². The minimum Gasteiger partial charge on any atom is -0.372 e.